The summed E-state index contributed by atoms with van der Waals surface area (Å²) in [5.74, 6) is 0.863. The molecule has 0 unspecified atom stereocenters. The maximum Gasteiger partial charge on any atom is 0.119 e. The second-order valence-electron chi connectivity index (χ2n) is 7.34. The van der Waals surface area contributed by atoms with Crippen molar-refractivity contribution in [2.75, 3.05) is 0 Å². The van der Waals surface area contributed by atoms with Gasteiger partial charge >= 0.3 is 0 Å². The Hall–Kier alpha value is -2.91. The number of nitrogens with zero attached hydrogens (tertiary/aromatic N) is 1. The minimum atomic E-state index is -0.574. The van der Waals surface area contributed by atoms with Crippen molar-refractivity contribution in [1.29, 1.82) is 0 Å². The number of aliphatic imine (C=N–C) groups is 1. The number of aliphatic hydroxyl groups is 1. The summed E-state index contributed by atoms with van der Waals surface area (Å²) in [6.45, 7) is 8.11. The van der Waals surface area contributed by atoms with E-state index in [1.165, 1.54) is 0 Å². The zero-order valence-electron chi connectivity index (χ0n) is 16.5. The van der Waals surface area contributed by atoms with Gasteiger partial charge in [-0.05, 0) is 73.2 Å². The van der Waals surface area contributed by atoms with Crippen LogP contribution >= 0.6 is 0 Å². The molecule has 1 fully saturated rings. The lowest BCUT2D eigenvalue weighted by atomic mass is 10.1. The highest BCUT2D eigenvalue weighted by Gasteiger charge is 2.41. The molecule has 0 saturated heterocycles. The normalized spacial score (nSPS) is 15.7. The summed E-state index contributed by atoms with van der Waals surface area (Å²) in [5.41, 5.74) is 3.45. The number of benzene rings is 2. The molecule has 144 valence electrons. The first-order chi connectivity index (χ1) is 13.5. The lowest BCUT2D eigenvalue weighted by Crippen LogP contribution is -2.05. The first-order valence-corrected chi connectivity index (χ1v) is 9.62. The molecule has 0 spiro atoms. The second-order valence-corrected chi connectivity index (χ2v) is 7.34. The van der Waals surface area contributed by atoms with Crippen LogP contribution in [0.25, 0.3) is 11.6 Å². The third-order valence-corrected chi connectivity index (χ3v) is 4.59. The average Bonchev–Trinajstić information content (AvgIpc) is 3.43. The van der Waals surface area contributed by atoms with Gasteiger partial charge in [-0.25, -0.2) is 0 Å². The summed E-state index contributed by atoms with van der Waals surface area (Å²) in [6, 6.07) is 15.9. The highest BCUT2D eigenvalue weighted by molar-refractivity contribution is 5.80. The van der Waals surface area contributed by atoms with Crippen LogP contribution in [0, 0.1) is 0 Å². The molecule has 0 heterocycles. The van der Waals surface area contributed by atoms with Crippen LogP contribution in [0.15, 0.2) is 78.5 Å². The lowest BCUT2D eigenvalue weighted by molar-refractivity contribution is 0.151. The molecule has 0 bridgehead atoms. The molecule has 0 radical (unpaired) electrons. The molecule has 0 atom stereocenters. The molecule has 0 aliphatic heterocycles. The van der Waals surface area contributed by atoms with Gasteiger partial charge in [0.1, 0.15) is 5.75 Å². The average molecular weight is 373 g/mol. The SMILES string of the molecule is C=C(\C=C/C=N/C=C/c1ccc(C2(O)CC2)cc1)c1ccc(OC(C)C)cc1. The zero-order chi connectivity index (χ0) is 20.0. The van der Waals surface area contributed by atoms with Gasteiger partial charge < -0.3 is 9.84 Å². The third-order valence-electron chi connectivity index (χ3n) is 4.59. The fourth-order valence-electron chi connectivity index (χ4n) is 2.82. The Morgan fingerprint density at radius 3 is 2.39 bits per heavy atom. The molecular weight excluding hydrogens is 346 g/mol. The van der Waals surface area contributed by atoms with Gasteiger partial charge in [-0.2, -0.15) is 0 Å². The van der Waals surface area contributed by atoms with Crippen LogP contribution in [-0.2, 0) is 5.60 Å². The minimum absolute atomic E-state index is 0.167. The number of allylic oxidation sites excluding steroid dienone is 3. The molecule has 0 aromatic heterocycles. The summed E-state index contributed by atoms with van der Waals surface area (Å²) in [6.07, 6.45) is 11.1. The predicted octanol–water partition coefficient (Wildman–Crippen LogP) is 5.77. The summed E-state index contributed by atoms with van der Waals surface area (Å²) in [7, 11) is 0. The smallest absolute Gasteiger partial charge is 0.119 e. The van der Waals surface area contributed by atoms with Crippen molar-refractivity contribution in [3.05, 3.63) is 90.2 Å². The standard InChI is InChI=1S/C25H27NO2/c1-19(2)28-24-12-8-22(9-13-24)20(3)5-4-17-26-18-14-21-6-10-23(11-7-21)25(27)15-16-25/h4-14,17-19,27H,3,15-16H2,1-2H3/b5-4-,18-14+,26-17+. The van der Waals surface area contributed by atoms with E-state index in [0.717, 1.165) is 40.9 Å². The molecule has 28 heavy (non-hydrogen) atoms. The van der Waals surface area contributed by atoms with Gasteiger partial charge in [-0.15, -0.1) is 0 Å². The van der Waals surface area contributed by atoms with Gasteiger partial charge in [0.2, 0.25) is 0 Å². The largest absolute Gasteiger partial charge is 0.491 e. The summed E-state index contributed by atoms with van der Waals surface area (Å²) >= 11 is 0. The van der Waals surface area contributed by atoms with Crippen LogP contribution in [0.4, 0.5) is 0 Å². The van der Waals surface area contributed by atoms with E-state index >= 15 is 0 Å². The minimum Gasteiger partial charge on any atom is -0.491 e. The maximum atomic E-state index is 10.1. The predicted molar refractivity (Wildman–Crippen MR) is 117 cm³/mol. The van der Waals surface area contributed by atoms with E-state index in [-0.39, 0.29) is 6.10 Å². The fraction of sp³-hybridized carbons (Fsp3) is 0.240. The number of hydrogen-bond donors (Lipinski definition) is 1. The Labute approximate surface area is 167 Å². The highest BCUT2D eigenvalue weighted by Crippen LogP contribution is 2.45. The van der Waals surface area contributed by atoms with E-state index in [1.807, 2.05) is 80.6 Å². The number of hydrogen-bond acceptors (Lipinski definition) is 3. The Kier molecular flexibility index (Phi) is 6.27. The Morgan fingerprint density at radius 2 is 1.79 bits per heavy atom. The van der Waals surface area contributed by atoms with E-state index in [1.54, 1.807) is 12.4 Å². The first-order valence-electron chi connectivity index (χ1n) is 9.62. The van der Waals surface area contributed by atoms with Crippen LogP contribution < -0.4 is 4.74 Å². The van der Waals surface area contributed by atoms with Crippen LogP contribution in [0.1, 0.15) is 43.4 Å². The topological polar surface area (TPSA) is 41.8 Å². The van der Waals surface area contributed by atoms with Crippen molar-refractivity contribution in [3.63, 3.8) is 0 Å². The maximum absolute atomic E-state index is 10.1. The van der Waals surface area contributed by atoms with Crippen molar-refractivity contribution in [2.24, 2.45) is 4.99 Å². The molecule has 2 aromatic rings. The third kappa shape index (κ3) is 5.54. The van der Waals surface area contributed by atoms with Gasteiger partial charge in [0, 0.05) is 12.4 Å². The molecule has 1 aliphatic carbocycles. The summed E-state index contributed by atoms with van der Waals surface area (Å²) in [4.78, 5) is 4.26. The van der Waals surface area contributed by atoms with E-state index in [2.05, 4.69) is 11.6 Å². The molecule has 3 heteroatoms. The van der Waals surface area contributed by atoms with Crippen molar-refractivity contribution in [2.45, 2.75) is 38.4 Å². The summed E-state index contributed by atoms with van der Waals surface area (Å²) < 4.78 is 5.65. The highest BCUT2D eigenvalue weighted by atomic mass is 16.5. The van der Waals surface area contributed by atoms with E-state index < -0.39 is 5.60 Å². The summed E-state index contributed by atoms with van der Waals surface area (Å²) in [5, 5.41) is 10.1. The van der Waals surface area contributed by atoms with Crippen molar-refractivity contribution < 1.29 is 9.84 Å². The first kappa shape index (κ1) is 19.8. The quantitative estimate of drug-likeness (QED) is 0.472. The molecule has 1 N–H and O–H groups in total. The molecular formula is C25H27NO2. The van der Waals surface area contributed by atoms with Gasteiger partial charge in [0.15, 0.2) is 0 Å². The monoisotopic (exact) mass is 373 g/mol. The van der Waals surface area contributed by atoms with Crippen LogP contribution in [0.2, 0.25) is 0 Å². The van der Waals surface area contributed by atoms with E-state index in [4.69, 9.17) is 4.74 Å². The molecule has 2 aromatic carbocycles. The molecule has 3 rings (SSSR count). The zero-order valence-corrected chi connectivity index (χ0v) is 16.5. The van der Waals surface area contributed by atoms with Gasteiger partial charge in [0.25, 0.3) is 0 Å². The van der Waals surface area contributed by atoms with E-state index in [9.17, 15) is 5.11 Å². The van der Waals surface area contributed by atoms with E-state index in [0.29, 0.717) is 0 Å². The lowest BCUT2D eigenvalue weighted by Gasteiger charge is -2.10. The molecule has 1 saturated carbocycles. The van der Waals surface area contributed by atoms with Crippen molar-refractivity contribution in [1.82, 2.24) is 0 Å². The molecule has 3 nitrogen and oxygen atoms in total. The fourth-order valence-corrected chi connectivity index (χ4v) is 2.82. The Balaban J connectivity index is 1.48. The Bertz CT molecular complexity index is 883. The van der Waals surface area contributed by atoms with Gasteiger partial charge in [-0.1, -0.05) is 49.1 Å². The Morgan fingerprint density at radius 1 is 1.11 bits per heavy atom. The second kappa shape index (κ2) is 8.85. The van der Waals surface area contributed by atoms with Gasteiger partial charge in [0.05, 0.1) is 11.7 Å². The molecule has 1 aliphatic rings. The van der Waals surface area contributed by atoms with Crippen LogP contribution in [-0.4, -0.2) is 17.4 Å². The number of rotatable bonds is 8. The van der Waals surface area contributed by atoms with Crippen molar-refractivity contribution in [3.8, 4) is 5.75 Å². The van der Waals surface area contributed by atoms with Crippen molar-refractivity contribution >= 4 is 17.9 Å². The van der Waals surface area contributed by atoms with Crippen LogP contribution in [0.5, 0.6) is 5.75 Å². The molecule has 0 amide bonds. The van der Waals surface area contributed by atoms with Gasteiger partial charge in [-0.3, -0.25) is 4.99 Å². The number of ether oxygens (including phenoxy) is 1. The van der Waals surface area contributed by atoms with Crippen LogP contribution in [0.3, 0.4) is 0 Å².